The number of nitrogens with zero attached hydrogens (tertiary/aromatic N) is 2. The first kappa shape index (κ1) is 12.4. The van der Waals surface area contributed by atoms with Crippen LogP contribution in [0.2, 0.25) is 5.15 Å². The largest absolute Gasteiger partial charge is 0.392 e. The SMILES string of the molecule is CC(O)C(C)Sc1ncnc(Cl)c1C=O. The summed E-state index contributed by atoms with van der Waals surface area (Å²) in [5.74, 6) is 0. The van der Waals surface area contributed by atoms with Crippen LogP contribution in [0.15, 0.2) is 11.4 Å². The Labute approximate surface area is 97.1 Å². The molecule has 0 spiro atoms. The fourth-order valence-electron chi connectivity index (χ4n) is 0.827. The quantitative estimate of drug-likeness (QED) is 0.499. The van der Waals surface area contributed by atoms with Crippen molar-refractivity contribution in [2.45, 2.75) is 30.2 Å². The maximum atomic E-state index is 10.8. The molecule has 0 aliphatic heterocycles. The third-order valence-corrected chi connectivity index (χ3v) is 3.51. The van der Waals surface area contributed by atoms with Gasteiger partial charge in [0.15, 0.2) is 6.29 Å². The first-order chi connectivity index (χ1) is 7.06. The molecule has 2 atom stereocenters. The molecule has 1 rings (SSSR count). The van der Waals surface area contributed by atoms with E-state index in [2.05, 4.69) is 9.97 Å². The first-order valence-electron chi connectivity index (χ1n) is 4.36. The second kappa shape index (κ2) is 5.44. The lowest BCUT2D eigenvalue weighted by atomic mass is 10.3. The van der Waals surface area contributed by atoms with Gasteiger partial charge in [-0.1, -0.05) is 30.3 Å². The number of aliphatic hydroxyl groups excluding tert-OH is 1. The molecule has 15 heavy (non-hydrogen) atoms. The zero-order valence-electron chi connectivity index (χ0n) is 8.35. The van der Waals surface area contributed by atoms with E-state index in [0.29, 0.717) is 11.3 Å². The minimum atomic E-state index is -0.483. The van der Waals surface area contributed by atoms with Gasteiger partial charge in [0, 0.05) is 5.25 Å². The number of aromatic nitrogens is 2. The average Bonchev–Trinajstić information content (AvgIpc) is 2.18. The zero-order chi connectivity index (χ0) is 11.4. The smallest absolute Gasteiger partial charge is 0.155 e. The molecule has 0 bridgehead atoms. The number of aldehydes is 1. The van der Waals surface area contributed by atoms with E-state index < -0.39 is 6.10 Å². The van der Waals surface area contributed by atoms with E-state index in [9.17, 15) is 9.90 Å². The minimum Gasteiger partial charge on any atom is -0.392 e. The fourth-order valence-corrected chi connectivity index (χ4v) is 1.99. The minimum absolute atomic E-state index is 0.0605. The van der Waals surface area contributed by atoms with Crippen molar-refractivity contribution in [1.82, 2.24) is 9.97 Å². The summed E-state index contributed by atoms with van der Waals surface area (Å²) in [6.45, 7) is 3.53. The third kappa shape index (κ3) is 3.15. The normalized spacial score (nSPS) is 14.7. The topological polar surface area (TPSA) is 63.1 Å². The summed E-state index contributed by atoms with van der Waals surface area (Å²) in [5, 5.41) is 9.91. The summed E-state index contributed by atoms with van der Waals surface area (Å²) < 4.78 is 0. The van der Waals surface area contributed by atoms with Crippen LogP contribution in [0.4, 0.5) is 0 Å². The van der Waals surface area contributed by atoms with Crippen molar-refractivity contribution < 1.29 is 9.90 Å². The number of halogens is 1. The van der Waals surface area contributed by atoms with Gasteiger partial charge in [0.2, 0.25) is 0 Å². The Bertz CT molecular complexity index is 360. The van der Waals surface area contributed by atoms with Gasteiger partial charge in [0.05, 0.1) is 11.7 Å². The van der Waals surface area contributed by atoms with Crippen LogP contribution in [0.1, 0.15) is 24.2 Å². The van der Waals surface area contributed by atoms with Gasteiger partial charge in [0.25, 0.3) is 0 Å². The highest BCUT2D eigenvalue weighted by atomic mass is 35.5. The van der Waals surface area contributed by atoms with Crippen molar-refractivity contribution in [3.05, 3.63) is 17.0 Å². The van der Waals surface area contributed by atoms with Crippen LogP contribution in [0, 0.1) is 0 Å². The zero-order valence-corrected chi connectivity index (χ0v) is 9.92. The number of carbonyl (C=O) groups excluding carboxylic acids is 1. The average molecular weight is 247 g/mol. The third-order valence-electron chi connectivity index (χ3n) is 1.89. The van der Waals surface area contributed by atoms with Crippen LogP contribution in [0.5, 0.6) is 0 Å². The first-order valence-corrected chi connectivity index (χ1v) is 5.62. The van der Waals surface area contributed by atoms with Gasteiger partial charge in [0.1, 0.15) is 16.5 Å². The molecule has 1 N–H and O–H groups in total. The summed E-state index contributed by atoms with van der Waals surface area (Å²) in [5.41, 5.74) is 0.275. The van der Waals surface area contributed by atoms with Crippen molar-refractivity contribution in [3.63, 3.8) is 0 Å². The van der Waals surface area contributed by atoms with Gasteiger partial charge >= 0.3 is 0 Å². The summed E-state index contributed by atoms with van der Waals surface area (Å²) in [6.07, 6.45) is 1.44. The summed E-state index contributed by atoms with van der Waals surface area (Å²) in [7, 11) is 0. The lowest BCUT2D eigenvalue weighted by Gasteiger charge is -2.14. The van der Waals surface area contributed by atoms with Crippen molar-refractivity contribution in [2.75, 3.05) is 0 Å². The van der Waals surface area contributed by atoms with Gasteiger partial charge < -0.3 is 5.11 Å². The summed E-state index contributed by atoms with van der Waals surface area (Å²) in [6, 6.07) is 0. The summed E-state index contributed by atoms with van der Waals surface area (Å²) in [4.78, 5) is 18.4. The maximum absolute atomic E-state index is 10.8. The molecule has 1 heterocycles. The second-order valence-corrected chi connectivity index (χ2v) is 4.79. The van der Waals surface area contributed by atoms with Gasteiger partial charge in [-0.3, -0.25) is 4.79 Å². The molecule has 2 unspecified atom stereocenters. The van der Waals surface area contributed by atoms with Crippen LogP contribution in [-0.4, -0.2) is 32.7 Å². The second-order valence-electron chi connectivity index (χ2n) is 3.06. The van der Waals surface area contributed by atoms with E-state index in [1.54, 1.807) is 6.92 Å². The highest BCUT2D eigenvalue weighted by Crippen LogP contribution is 2.28. The molecule has 0 aliphatic carbocycles. The molecule has 1 aromatic heterocycles. The van der Waals surface area contributed by atoms with Gasteiger partial charge in [-0.2, -0.15) is 0 Å². The van der Waals surface area contributed by atoms with E-state index in [0.717, 1.165) is 0 Å². The van der Waals surface area contributed by atoms with Gasteiger partial charge in [-0.15, -0.1) is 0 Å². The van der Waals surface area contributed by atoms with E-state index in [1.165, 1.54) is 18.1 Å². The Morgan fingerprint density at radius 2 is 2.20 bits per heavy atom. The number of hydrogen-bond acceptors (Lipinski definition) is 5. The predicted octanol–water partition coefficient (Wildman–Crippen LogP) is 1.80. The molecule has 4 nitrogen and oxygen atoms in total. The molecule has 0 aliphatic rings. The van der Waals surface area contributed by atoms with Crippen LogP contribution in [0.25, 0.3) is 0 Å². The molecule has 0 saturated heterocycles. The van der Waals surface area contributed by atoms with E-state index in [1.807, 2.05) is 6.92 Å². The van der Waals surface area contributed by atoms with Gasteiger partial charge in [-0.05, 0) is 6.92 Å². The molecule has 6 heteroatoms. The Hall–Kier alpha value is -0.650. The van der Waals surface area contributed by atoms with Crippen LogP contribution < -0.4 is 0 Å². The number of hydrogen-bond donors (Lipinski definition) is 1. The van der Waals surface area contributed by atoms with Crippen LogP contribution in [-0.2, 0) is 0 Å². The monoisotopic (exact) mass is 246 g/mol. The Balaban J connectivity index is 2.94. The van der Waals surface area contributed by atoms with Crippen molar-refractivity contribution in [1.29, 1.82) is 0 Å². The summed E-state index contributed by atoms with van der Waals surface area (Å²) >= 11 is 7.03. The highest BCUT2D eigenvalue weighted by Gasteiger charge is 2.16. The Kier molecular flexibility index (Phi) is 4.50. The fraction of sp³-hybridized carbons (Fsp3) is 0.444. The molecule has 0 aromatic carbocycles. The van der Waals surface area contributed by atoms with Crippen molar-refractivity contribution in [3.8, 4) is 0 Å². The number of rotatable bonds is 4. The van der Waals surface area contributed by atoms with E-state index in [-0.39, 0.29) is 16.0 Å². The molecule has 82 valence electrons. The van der Waals surface area contributed by atoms with Crippen LogP contribution >= 0.6 is 23.4 Å². The highest BCUT2D eigenvalue weighted by molar-refractivity contribution is 8.00. The predicted molar refractivity (Wildman–Crippen MR) is 59.4 cm³/mol. The number of carbonyl (C=O) groups is 1. The molecule has 0 amide bonds. The maximum Gasteiger partial charge on any atom is 0.155 e. The molecule has 1 aromatic rings. The molecular formula is C9H11ClN2O2S. The van der Waals surface area contributed by atoms with E-state index >= 15 is 0 Å². The molecule has 0 saturated carbocycles. The Morgan fingerprint density at radius 3 is 2.73 bits per heavy atom. The number of thioether (sulfide) groups is 1. The molecule has 0 radical (unpaired) electrons. The van der Waals surface area contributed by atoms with Gasteiger partial charge in [-0.25, -0.2) is 9.97 Å². The molecular weight excluding hydrogens is 236 g/mol. The lowest BCUT2D eigenvalue weighted by molar-refractivity contribution is 0.112. The standard InChI is InChI=1S/C9H11ClN2O2S/c1-5(14)6(2)15-9-7(3-13)8(10)11-4-12-9/h3-6,14H,1-2H3. The molecule has 0 fully saturated rings. The lowest BCUT2D eigenvalue weighted by Crippen LogP contribution is -2.15. The number of aliphatic hydroxyl groups is 1. The van der Waals surface area contributed by atoms with Crippen LogP contribution in [0.3, 0.4) is 0 Å². The van der Waals surface area contributed by atoms with E-state index in [4.69, 9.17) is 11.6 Å². The van der Waals surface area contributed by atoms with Crippen molar-refractivity contribution >= 4 is 29.6 Å². The van der Waals surface area contributed by atoms with Crippen molar-refractivity contribution in [2.24, 2.45) is 0 Å². The Morgan fingerprint density at radius 1 is 1.53 bits per heavy atom.